The van der Waals surface area contributed by atoms with E-state index < -0.39 is 0 Å². The van der Waals surface area contributed by atoms with Gasteiger partial charge in [0.05, 0.1) is 18.5 Å². The van der Waals surface area contributed by atoms with Crippen LogP contribution in [0.3, 0.4) is 0 Å². The Labute approximate surface area is 289 Å². The highest BCUT2D eigenvalue weighted by Crippen LogP contribution is 2.39. The zero-order valence-corrected chi connectivity index (χ0v) is 29.1. The second-order valence-electron chi connectivity index (χ2n) is 13.4. The number of aromatic nitrogens is 1. The molecular weight excluding hydrogens is 616 g/mol. The number of carbonyl (C=O) groups is 3. The number of nitrogens with zero attached hydrogens (tertiary/aromatic N) is 3. The van der Waals surface area contributed by atoms with Gasteiger partial charge in [-0.25, -0.2) is 9.78 Å². The quantitative estimate of drug-likeness (QED) is 0.0870. The van der Waals surface area contributed by atoms with E-state index in [-0.39, 0.29) is 23.5 Å². The molecule has 1 aliphatic carbocycles. The average molecular weight is 665 g/mol. The Hall–Kier alpha value is -4.66. The molecule has 258 valence electrons. The Kier molecular flexibility index (Phi) is 11.0. The van der Waals surface area contributed by atoms with E-state index in [1.165, 1.54) is 30.1 Å². The van der Waals surface area contributed by atoms with Gasteiger partial charge < -0.3 is 24.3 Å². The first-order valence-electron chi connectivity index (χ1n) is 17.8. The van der Waals surface area contributed by atoms with Crippen LogP contribution in [-0.4, -0.2) is 61.0 Å². The van der Waals surface area contributed by atoms with Crippen LogP contribution in [0.2, 0.25) is 0 Å². The molecule has 0 spiro atoms. The summed E-state index contributed by atoms with van der Waals surface area (Å²) in [7, 11) is 1.41. The van der Waals surface area contributed by atoms with Crippen LogP contribution < -0.4 is 10.2 Å². The smallest absolute Gasteiger partial charge is 0.333 e. The number of hydrogen-bond acceptors (Lipinski definition) is 7. The van der Waals surface area contributed by atoms with Crippen molar-refractivity contribution in [1.29, 1.82) is 0 Å². The van der Waals surface area contributed by atoms with Crippen LogP contribution in [0, 0.1) is 6.92 Å². The first kappa shape index (κ1) is 34.2. The van der Waals surface area contributed by atoms with Crippen LogP contribution in [0.15, 0.2) is 70.4 Å². The normalized spacial score (nSPS) is 16.6. The lowest BCUT2D eigenvalue weighted by Gasteiger charge is -2.32. The van der Waals surface area contributed by atoms with Gasteiger partial charge in [0.1, 0.15) is 6.26 Å². The predicted molar refractivity (Wildman–Crippen MR) is 191 cm³/mol. The summed E-state index contributed by atoms with van der Waals surface area (Å²) in [5.74, 6) is 0.262. The second-order valence-corrected chi connectivity index (χ2v) is 13.4. The molecule has 49 heavy (non-hydrogen) atoms. The van der Waals surface area contributed by atoms with E-state index >= 15 is 0 Å². The van der Waals surface area contributed by atoms with Gasteiger partial charge in [-0.1, -0.05) is 48.9 Å². The van der Waals surface area contributed by atoms with E-state index in [0.717, 1.165) is 82.1 Å². The minimum absolute atomic E-state index is 0.0314. The monoisotopic (exact) mass is 664 g/mol. The number of amides is 2. The number of allylic oxidation sites excluding steroid dienone is 1. The van der Waals surface area contributed by atoms with Gasteiger partial charge in [-0.2, -0.15) is 0 Å². The van der Waals surface area contributed by atoms with Crippen molar-refractivity contribution in [2.45, 2.75) is 84.0 Å². The third-order valence-electron chi connectivity index (χ3n) is 9.90. The van der Waals surface area contributed by atoms with Gasteiger partial charge in [0.15, 0.2) is 11.6 Å². The van der Waals surface area contributed by atoms with Crippen LogP contribution in [0.1, 0.15) is 108 Å². The van der Waals surface area contributed by atoms with Gasteiger partial charge in [-0.3, -0.25) is 9.59 Å². The number of anilines is 2. The molecule has 9 heteroatoms. The summed E-state index contributed by atoms with van der Waals surface area (Å²) < 4.78 is 10.5. The molecule has 0 radical (unpaired) electrons. The molecule has 2 aromatic carbocycles. The summed E-state index contributed by atoms with van der Waals surface area (Å²) >= 11 is 0. The van der Waals surface area contributed by atoms with Gasteiger partial charge in [0, 0.05) is 43.2 Å². The molecule has 0 bridgehead atoms. The minimum atomic E-state index is -0.341. The third-order valence-corrected chi connectivity index (χ3v) is 9.90. The molecule has 3 aliphatic rings. The molecule has 2 amide bonds. The van der Waals surface area contributed by atoms with Crippen molar-refractivity contribution in [3.63, 3.8) is 0 Å². The molecule has 9 nitrogen and oxygen atoms in total. The maximum Gasteiger partial charge on any atom is 0.333 e. The third kappa shape index (κ3) is 8.32. The molecule has 1 N–H and O–H groups in total. The summed E-state index contributed by atoms with van der Waals surface area (Å²) in [6.45, 7) is 7.03. The lowest BCUT2D eigenvalue weighted by atomic mass is 9.96. The zero-order chi connectivity index (χ0) is 34.3. The van der Waals surface area contributed by atoms with E-state index in [9.17, 15) is 14.4 Å². The topological polar surface area (TPSA) is 105 Å². The Morgan fingerprint density at radius 2 is 1.94 bits per heavy atom. The van der Waals surface area contributed by atoms with Gasteiger partial charge in [0.2, 0.25) is 0 Å². The van der Waals surface area contributed by atoms with E-state index in [2.05, 4.69) is 58.5 Å². The van der Waals surface area contributed by atoms with Crippen molar-refractivity contribution in [2.24, 2.45) is 0 Å². The SMILES string of the molecule is CC/C=C(/CCCCN1CCc2cc(N3CCC=C(Cc4ccccc4C)CC3)c(NC(=O)c3coc(C4CC4)n3)cc2C1=O)C(=O)OC. The Morgan fingerprint density at radius 1 is 1.10 bits per heavy atom. The van der Waals surface area contributed by atoms with Crippen molar-refractivity contribution in [2.75, 3.05) is 43.5 Å². The second kappa shape index (κ2) is 15.7. The van der Waals surface area contributed by atoms with E-state index in [4.69, 9.17) is 9.15 Å². The zero-order valence-electron chi connectivity index (χ0n) is 29.1. The van der Waals surface area contributed by atoms with Gasteiger partial charge in [-0.05, 0) is 100.0 Å². The van der Waals surface area contributed by atoms with Gasteiger partial charge in [0.25, 0.3) is 11.8 Å². The summed E-state index contributed by atoms with van der Waals surface area (Å²) in [5, 5.41) is 3.11. The fraction of sp³-hybridized carbons (Fsp3) is 0.450. The number of fused-ring (bicyclic) bond motifs is 1. The Balaban J connectivity index is 1.19. The molecule has 1 aromatic heterocycles. The molecule has 0 saturated heterocycles. The van der Waals surface area contributed by atoms with Crippen molar-refractivity contribution in [3.8, 4) is 0 Å². The summed E-state index contributed by atoms with van der Waals surface area (Å²) in [5.41, 5.74) is 8.20. The number of hydrogen-bond donors (Lipinski definition) is 1. The fourth-order valence-electron chi connectivity index (χ4n) is 6.89. The number of rotatable bonds is 13. The first-order valence-corrected chi connectivity index (χ1v) is 17.8. The number of methoxy groups -OCH3 is 1. The molecule has 1 fully saturated rings. The highest BCUT2D eigenvalue weighted by Gasteiger charge is 2.31. The van der Waals surface area contributed by atoms with Gasteiger partial charge in [-0.15, -0.1) is 0 Å². The number of ether oxygens (including phenoxy) is 1. The highest BCUT2D eigenvalue weighted by atomic mass is 16.5. The van der Waals surface area contributed by atoms with Crippen LogP contribution in [0.4, 0.5) is 11.4 Å². The van der Waals surface area contributed by atoms with Crippen molar-refractivity contribution in [3.05, 3.63) is 99.8 Å². The largest absolute Gasteiger partial charge is 0.466 e. The highest BCUT2D eigenvalue weighted by molar-refractivity contribution is 6.06. The number of aryl methyl sites for hydroxylation is 1. The molecule has 1 saturated carbocycles. The standard InChI is InChI=1S/C40H48N4O5/c1-4-10-30(40(47)48-3)13-7-8-19-44-22-18-32-24-36(43-20-9-12-28(17-21-43)23-31-14-6-5-11-27(31)2)34(25-33(32)39(44)46)41-37(45)35-26-49-38(42-35)29-15-16-29/h5-6,10-12,14,24-26,29H,4,7-9,13,15-23H2,1-3H3,(H,41,45)/b30-10-. The number of carbonyl (C=O) groups excluding carboxylic acids is 3. The Morgan fingerprint density at radius 3 is 2.71 bits per heavy atom. The lowest BCUT2D eigenvalue weighted by molar-refractivity contribution is -0.136. The van der Waals surface area contributed by atoms with E-state index in [1.54, 1.807) is 0 Å². The average Bonchev–Trinajstić information content (AvgIpc) is 3.88. The molecule has 3 aromatic rings. The fourth-order valence-corrected chi connectivity index (χ4v) is 6.89. The molecule has 2 aliphatic heterocycles. The first-order chi connectivity index (χ1) is 23.8. The van der Waals surface area contributed by atoms with Crippen LogP contribution >= 0.6 is 0 Å². The number of benzene rings is 2. The summed E-state index contributed by atoms with van der Waals surface area (Å²) in [6, 6.07) is 12.5. The lowest BCUT2D eigenvalue weighted by Crippen LogP contribution is -2.38. The molecule has 6 rings (SSSR count). The summed E-state index contributed by atoms with van der Waals surface area (Å²) in [4.78, 5) is 48.2. The number of nitrogens with one attached hydrogen (secondary N) is 1. The van der Waals surface area contributed by atoms with Crippen molar-refractivity contribution >= 4 is 29.2 Å². The predicted octanol–water partition coefficient (Wildman–Crippen LogP) is 7.56. The maximum absolute atomic E-state index is 13.9. The van der Waals surface area contributed by atoms with Crippen LogP contribution in [-0.2, 0) is 22.4 Å². The van der Waals surface area contributed by atoms with Crippen LogP contribution in [0.5, 0.6) is 0 Å². The molecule has 0 atom stereocenters. The minimum Gasteiger partial charge on any atom is -0.466 e. The summed E-state index contributed by atoms with van der Waals surface area (Å²) in [6.07, 6.45) is 14.2. The molecular formula is C40H48N4O5. The van der Waals surface area contributed by atoms with E-state index in [1.807, 2.05) is 24.0 Å². The van der Waals surface area contributed by atoms with Crippen molar-refractivity contribution in [1.82, 2.24) is 9.88 Å². The van der Waals surface area contributed by atoms with Crippen LogP contribution in [0.25, 0.3) is 0 Å². The number of oxazole rings is 1. The number of unbranched alkanes of at least 4 members (excludes halogenated alkanes) is 1. The van der Waals surface area contributed by atoms with E-state index in [0.29, 0.717) is 48.1 Å². The van der Waals surface area contributed by atoms with Gasteiger partial charge >= 0.3 is 5.97 Å². The number of esters is 1. The Bertz CT molecular complexity index is 1750. The molecule has 3 heterocycles. The maximum atomic E-state index is 13.9. The van der Waals surface area contributed by atoms with Crippen molar-refractivity contribution < 1.29 is 23.5 Å². The molecule has 0 unspecified atom stereocenters.